The summed E-state index contributed by atoms with van der Waals surface area (Å²) in [5.41, 5.74) is 6.92. The minimum atomic E-state index is -0.0616. The van der Waals surface area contributed by atoms with Gasteiger partial charge in [-0.2, -0.15) is 0 Å². The fourth-order valence-electron chi connectivity index (χ4n) is 1.87. The lowest BCUT2D eigenvalue weighted by Gasteiger charge is -2.12. The molecule has 0 aliphatic carbocycles. The first-order chi connectivity index (χ1) is 9.51. The van der Waals surface area contributed by atoms with Crippen LogP contribution < -0.4 is 10.5 Å². The Bertz CT molecular complexity index is 637. The third kappa shape index (κ3) is 3.41. The van der Waals surface area contributed by atoms with Crippen LogP contribution in [0.1, 0.15) is 34.0 Å². The van der Waals surface area contributed by atoms with Crippen molar-refractivity contribution in [3.63, 3.8) is 0 Å². The second-order valence-corrected chi connectivity index (χ2v) is 6.61. The second kappa shape index (κ2) is 6.41. The average molecular weight is 354 g/mol. The number of anilines is 1. The highest BCUT2D eigenvalue weighted by Gasteiger charge is 2.14. The molecule has 1 aromatic heterocycles. The largest absolute Gasteiger partial charge is 0.485 e. The molecule has 0 saturated carbocycles. The van der Waals surface area contributed by atoms with Crippen molar-refractivity contribution in [3.8, 4) is 5.75 Å². The minimum absolute atomic E-state index is 0.0616. The summed E-state index contributed by atoms with van der Waals surface area (Å²) < 4.78 is 6.55. The Labute approximate surface area is 130 Å². The molecular formula is C15H16BrNO2S. The van der Waals surface area contributed by atoms with Gasteiger partial charge in [0.2, 0.25) is 0 Å². The summed E-state index contributed by atoms with van der Waals surface area (Å²) in [5.74, 6) is 0.403. The number of aryl methyl sites for hydroxylation is 1. The first-order valence-corrected chi connectivity index (χ1v) is 7.92. The van der Waals surface area contributed by atoms with E-state index >= 15 is 0 Å². The summed E-state index contributed by atoms with van der Waals surface area (Å²) in [7, 11) is 0. The van der Waals surface area contributed by atoms with Crippen LogP contribution in [0.25, 0.3) is 0 Å². The average Bonchev–Trinajstić information content (AvgIpc) is 2.84. The topological polar surface area (TPSA) is 52.3 Å². The van der Waals surface area contributed by atoms with Gasteiger partial charge in [-0.25, -0.2) is 0 Å². The number of rotatable bonds is 5. The van der Waals surface area contributed by atoms with E-state index in [-0.39, 0.29) is 5.78 Å². The van der Waals surface area contributed by atoms with Gasteiger partial charge in [0.15, 0.2) is 11.5 Å². The maximum Gasteiger partial charge on any atom is 0.163 e. The quantitative estimate of drug-likeness (QED) is 0.638. The van der Waals surface area contributed by atoms with E-state index in [1.165, 1.54) is 11.8 Å². The summed E-state index contributed by atoms with van der Waals surface area (Å²) in [6, 6.07) is 7.62. The van der Waals surface area contributed by atoms with Crippen molar-refractivity contribution >= 4 is 38.7 Å². The molecule has 0 spiro atoms. The number of thiophene rings is 1. The number of carbonyl (C=O) groups excluding carboxylic acids is 1. The van der Waals surface area contributed by atoms with E-state index in [2.05, 4.69) is 28.9 Å². The summed E-state index contributed by atoms with van der Waals surface area (Å²) in [5, 5.41) is 0. The third-order valence-electron chi connectivity index (χ3n) is 2.89. The van der Waals surface area contributed by atoms with Crippen molar-refractivity contribution in [1.29, 1.82) is 0 Å². The van der Waals surface area contributed by atoms with E-state index in [0.29, 0.717) is 23.6 Å². The van der Waals surface area contributed by atoms with Gasteiger partial charge < -0.3 is 10.5 Å². The van der Waals surface area contributed by atoms with Crippen LogP contribution in [0.15, 0.2) is 28.7 Å². The molecule has 0 aliphatic rings. The zero-order valence-electron chi connectivity index (χ0n) is 11.4. The Morgan fingerprint density at radius 1 is 1.35 bits per heavy atom. The number of hydrogen-bond donors (Lipinski definition) is 1. The maximum atomic E-state index is 11.7. The standard InChI is InChI=1S/C15H16BrNO2S/c1-3-11-4-5-12(20-11)8-19-15-13(9(2)18)6-10(16)7-14(15)17/h4-7H,3,8,17H2,1-2H3. The smallest absolute Gasteiger partial charge is 0.163 e. The first-order valence-electron chi connectivity index (χ1n) is 6.31. The molecule has 0 bridgehead atoms. The van der Waals surface area contributed by atoms with Crippen LogP contribution in [0, 0.1) is 0 Å². The zero-order valence-corrected chi connectivity index (χ0v) is 13.8. The molecule has 106 valence electrons. The summed E-state index contributed by atoms with van der Waals surface area (Å²) in [6.45, 7) is 4.06. The first kappa shape index (κ1) is 15.1. The van der Waals surface area contributed by atoms with Gasteiger partial charge in [0.25, 0.3) is 0 Å². The van der Waals surface area contributed by atoms with E-state index in [1.807, 2.05) is 6.07 Å². The fourth-order valence-corrected chi connectivity index (χ4v) is 3.22. The predicted molar refractivity (Wildman–Crippen MR) is 86.6 cm³/mol. The minimum Gasteiger partial charge on any atom is -0.485 e. The van der Waals surface area contributed by atoms with Crippen molar-refractivity contribution in [2.24, 2.45) is 0 Å². The maximum absolute atomic E-state index is 11.7. The molecule has 0 saturated heterocycles. The Morgan fingerprint density at radius 2 is 2.05 bits per heavy atom. The summed E-state index contributed by atoms with van der Waals surface area (Å²) >= 11 is 5.05. The van der Waals surface area contributed by atoms with Gasteiger partial charge in [-0.15, -0.1) is 11.3 Å². The summed E-state index contributed by atoms with van der Waals surface area (Å²) in [4.78, 5) is 14.1. The molecule has 0 fully saturated rings. The molecule has 2 N–H and O–H groups in total. The summed E-state index contributed by atoms with van der Waals surface area (Å²) in [6.07, 6.45) is 1.02. The van der Waals surface area contributed by atoms with Crippen molar-refractivity contribution in [3.05, 3.63) is 44.1 Å². The zero-order chi connectivity index (χ0) is 14.7. The lowest BCUT2D eigenvalue weighted by atomic mass is 10.1. The Balaban J connectivity index is 2.22. The van der Waals surface area contributed by atoms with Gasteiger partial charge in [-0.05, 0) is 37.6 Å². The SMILES string of the molecule is CCc1ccc(COc2c(N)cc(Br)cc2C(C)=O)s1. The van der Waals surface area contributed by atoms with E-state index < -0.39 is 0 Å². The number of nitrogens with two attached hydrogens (primary N) is 1. The molecule has 5 heteroatoms. The molecule has 0 radical (unpaired) electrons. The lowest BCUT2D eigenvalue weighted by molar-refractivity contribution is 0.101. The highest BCUT2D eigenvalue weighted by molar-refractivity contribution is 9.10. The van der Waals surface area contributed by atoms with E-state index in [9.17, 15) is 4.79 Å². The van der Waals surface area contributed by atoms with Crippen molar-refractivity contribution < 1.29 is 9.53 Å². The van der Waals surface area contributed by atoms with Crippen molar-refractivity contribution in [2.75, 3.05) is 5.73 Å². The number of ether oxygens (including phenoxy) is 1. The molecular weight excluding hydrogens is 338 g/mol. The van der Waals surface area contributed by atoms with Gasteiger partial charge in [-0.3, -0.25) is 4.79 Å². The van der Waals surface area contributed by atoms with Gasteiger partial charge in [0, 0.05) is 14.2 Å². The molecule has 0 aliphatic heterocycles. The number of carbonyl (C=O) groups is 1. The molecule has 3 nitrogen and oxygen atoms in total. The molecule has 2 aromatic rings. The van der Waals surface area contributed by atoms with Gasteiger partial charge in [0.05, 0.1) is 11.3 Å². The molecule has 0 atom stereocenters. The Hall–Kier alpha value is -1.33. The van der Waals surface area contributed by atoms with E-state index in [0.717, 1.165) is 15.8 Å². The van der Waals surface area contributed by atoms with Crippen LogP contribution in [-0.2, 0) is 13.0 Å². The van der Waals surface area contributed by atoms with Crippen LogP contribution in [0.4, 0.5) is 5.69 Å². The number of ketones is 1. The number of benzene rings is 1. The molecule has 0 unspecified atom stereocenters. The van der Waals surface area contributed by atoms with Crippen molar-refractivity contribution in [2.45, 2.75) is 26.9 Å². The Kier molecular flexibility index (Phi) is 4.83. The molecule has 0 amide bonds. The number of Topliss-reactive ketones (excluding diaryl/α,β-unsaturated/α-hetero) is 1. The van der Waals surface area contributed by atoms with E-state index in [4.69, 9.17) is 10.5 Å². The van der Waals surface area contributed by atoms with Crippen LogP contribution in [0.3, 0.4) is 0 Å². The van der Waals surface area contributed by atoms with Gasteiger partial charge in [-0.1, -0.05) is 22.9 Å². The van der Waals surface area contributed by atoms with Crippen LogP contribution in [0.2, 0.25) is 0 Å². The predicted octanol–water partition coefficient (Wildman–Crippen LogP) is 4.44. The number of nitrogen functional groups attached to an aromatic ring is 1. The van der Waals surface area contributed by atoms with Gasteiger partial charge in [0.1, 0.15) is 6.61 Å². The van der Waals surface area contributed by atoms with Crippen LogP contribution >= 0.6 is 27.3 Å². The molecule has 1 aromatic carbocycles. The monoisotopic (exact) mass is 353 g/mol. The normalized spacial score (nSPS) is 10.6. The molecule has 20 heavy (non-hydrogen) atoms. The Morgan fingerprint density at radius 3 is 2.65 bits per heavy atom. The highest BCUT2D eigenvalue weighted by Crippen LogP contribution is 2.32. The molecule has 1 heterocycles. The van der Waals surface area contributed by atoms with Gasteiger partial charge >= 0.3 is 0 Å². The van der Waals surface area contributed by atoms with Crippen LogP contribution in [0.5, 0.6) is 5.75 Å². The number of halogens is 1. The molecule has 2 rings (SSSR count). The highest BCUT2D eigenvalue weighted by atomic mass is 79.9. The van der Waals surface area contributed by atoms with Crippen LogP contribution in [-0.4, -0.2) is 5.78 Å². The fraction of sp³-hybridized carbons (Fsp3) is 0.267. The van der Waals surface area contributed by atoms with E-state index in [1.54, 1.807) is 23.5 Å². The lowest BCUT2D eigenvalue weighted by Crippen LogP contribution is -2.04. The number of hydrogen-bond acceptors (Lipinski definition) is 4. The second-order valence-electron chi connectivity index (χ2n) is 4.44. The third-order valence-corrected chi connectivity index (χ3v) is 4.55. The van der Waals surface area contributed by atoms with Crippen molar-refractivity contribution in [1.82, 2.24) is 0 Å².